The van der Waals surface area contributed by atoms with Crippen LogP contribution in [0.15, 0.2) is 59.8 Å². The summed E-state index contributed by atoms with van der Waals surface area (Å²) in [7, 11) is 1.60. The minimum atomic E-state index is -0.303. The number of nitrogens with one attached hydrogen (secondary N) is 2. The van der Waals surface area contributed by atoms with Gasteiger partial charge in [0.05, 0.1) is 28.7 Å². The van der Waals surface area contributed by atoms with Crippen LogP contribution in [-0.2, 0) is 16.0 Å². The van der Waals surface area contributed by atoms with E-state index in [0.717, 1.165) is 17.8 Å². The largest absolute Gasteiger partial charge is 0.337 e. The lowest BCUT2D eigenvalue weighted by atomic mass is 10.1. The van der Waals surface area contributed by atoms with Gasteiger partial charge in [0.1, 0.15) is 0 Å². The van der Waals surface area contributed by atoms with Gasteiger partial charge < -0.3 is 15.2 Å². The maximum absolute atomic E-state index is 12.4. The van der Waals surface area contributed by atoms with Crippen molar-refractivity contribution in [3.63, 3.8) is 0 Å². The number of rotatable bonds is 8. The molecule has 156 valence electrons. The Morgan fingerprint density at radius 1 is 1.13 bits per heavy atom. The number of carbonyl (C=O) groups excluding carboxylic acids is 2. The first-order chi connectivity index (χ1) is 14.4. The van der Waals surface area contributed by atoms with Crippen molar-refractivity contribution in [2.75, 3.05) is 24.7 Å². The highest BCUT2D eigenvalue weighted by atomic mass is 35.5. The predicted octanol–water partition coefficient (Wildman–Crippen LogP) is 4.15. The molecule has 0 bridgehead atoms. The van der Waals surface area contributed by atoms with Crippen LogP contribution in [0.5, 0.6) is 0 Å². The third-order valence-corrected chi connectivity index (χ3v) is 5.65. The van der Waals surface area contributed by atoms with E-state index in [1.165, 1.54) is 22.2 Å². The molecule has 0 saturated carbocycles. The molecule has 1 heterocycles. The number of thioether (sulfide) groups is 1. The van der Waals surface area contributed by atoms with E-state index in [2.05, 4.69) is 27.4 Å². The fourth-order valence-corrected chi connectivity index (χ4v) is 3.86. The predicted molar refractivity (Wildman–Crippen MR) is 121 cm³/mol. The molecule has 6 nitrogen and oxygen atoms in total. The summed E-state index contributed by atoms with van der Waals surface area (Å²) in [6, 6.07) is 17.1. The number of hydrogen-bond donors (Lipinski definition) is 2. The lowest BCUT2D eigenvalue weighted by Crippen LogP contribution is -2.36. The van der Waals surface area contributed by atoms with Crippen LogP contribution in [0.2, 0.25) is 5.02 Å². The van der Waals surface area contributed by atoms with Crippen molar-refractivity contribution < 1.29 is 9.59 Å². The number of nitrogens with zero attached hydrogens (tertiary/aromatic N) is 2. The SMILES string of the molecule is Cc1[nH]c(SCC(=O)N(C)CC(=O)Nc2ccccc2Cl)nc1Cc1ccccc1. The van der Waals surface area contributed by atoms with Gasteiger partial charge in [-0.3, -0.25) is 9.59 Å². The van der Waals surface area contributed by atoms with E-state index in [1.807, 2.05) is 25.1 Å². The molecule has 0 aliphatic carbocycles. The summed E-state index contributed by atoms with van der Waals surface area (Å²) in [5, 5.41) is 3.86. The zero-order valence-electron chi connectivity index (χ0n) is 16.8. The zero-order chi connectivity index (χ0) is 21.5. The van der Waals surface area contributed by atoms with Gasteiger partial charge in [-0.25, -0.2) is 4.98 Å². The molecular weight excluding hydrogens is 420 g/mol. The van der Waals surface area contributed by atoms with Gasteiger partial charge in [0.2, 0.25) is 11.8 Å². The van der Waals surface area contributed by atoms with Crippen molar-refractivity contribution in [2.24, 2.45) is 0 Å². The minimum Gasteiger partial charge on any atom is -0.337 e. The summed E-state index contributed by atoms with van der Waals surface area (Å²) < 4.78 is 0. The Morgan fingerprint density at radius 2 is 1.83 bits per heavy atom. The Balaban J connectivity index is 1.49. The van der Waals surface area contributed by atoms with Crippen molar-refractivity contribution in [3.05, 3.63) is 76.6 Å². The molecule has 3 aromatic rings. The number of H-pyrrole nitrogens is 1. The van der Waals surface area contributed by atoms with Gasteiger partial charge in [0.15, 0.2) is 5.16 Å². The highest BCUT2D eigenvalue weighted by molar-refractivity contribution is 7.99. The van der Waals surface area contributed by atoms with Crippen LogP contribution in [0.1, 0.15) is 17.0 Å². The van der Waals surface area contributed by atoms with Crippen molar-refractivity contribution in [1.29, 1.82) is 0 Å². The van der Waals surface area contributed by atoms with E-state index >= 15 is 0 Å². The summed E-state index contributed by atoms with van der Waals surface area (Å²) in [6.07, 6.45) is 0.736. The van der Waals surface area contributed by atoms with Crippen molar-refractivity contribution in [2.45, 2.75) is 18.5 Å². The van der Waals surface area contributed by atoms with E-state index in [9.17, 15) is 9.59 Å². The number of aromatic amines is 1. The number of hydrogen-bond acceptors (Lipinski definition) is 4. The second kappa shape index (κ2) is 10.3. The smallest absolute Gasteiger partial charge is 0.244 e. The van der Waals surface area contributed by atoms with E-state index in [-0.39, 0.29) is 24.1 Å². The number of aromatic nitrogens is 2. The number of para-hydroxylation sites is 1. The molecule has 0 spiro atoms. The molecule has 0 aliphatic rings. The molecule has 8 heteroatoms. The summed E-state index contributed by atoms with van der Waals surface area (Å²) in [4.78, 5) is 33.8. The first-order valence-corrected chi connectivity index (χ1v) is 10.8. The van der Waals surface area contributed by atoms with Crippen LogP contribution >= 0.6 is 23.4 Å². The quantitative estimate of drug-likeness (QED) is 0.513. The number of anilines is 1. The van der Waals surface area contributed by atoms with E-state index in [1.54, 1.807) is 31.3 Å². The van der Waals surface area contributed by atoms with Gasteiger partial charge in [-0.05, 0) is 24.6 Å². The zero-order valence-corrected chi connectivity index (χ0v) is 18.4. The third-order valence-electron chi connectivity index (χ3n) is 4.47. The number of aryl methyl sites for hydroxylation is 1. The molecule has 0 atom stereocenters. The van der Waals surface area contributed by atoms with E-state index < -0.39 is 0 Å². The maximum Gasteiger partial charge on any atom is 0.244 e. The van der Waals surface area contributed by atoms with Crippen LogP contribution in [0.3, 0.4) is 0 Å². The van der Waals surface area contributed by atoms with Gasteiger partial charge in [0, 0.05) is 19.2 Å². The Labute approximate surface area is 185 Å². The number of likely N-dealkylation sites (N-methyl/N-ethyl adjacent to an activating group) is 1. The Kier molecular flexibility index (Phi) is 7.54. The third kappa shape index (κ3) is 6.11. The Morgan fingerprint density at radius 3 is 2.57 bits per heavy atom. The first kappa shape index (κ1) is 21.9. The van der Waals surface area contributed by atoms with E-state index in [4.69, 9.17) is 11.6 Å². The van der Waals surface area contributed by atoms with Gasteiger partial charge in [-0.2, -0.15) is 0 Å². The standard InChI is InChI=1S/C22H23ClN4O2S/c1-15-19(12-16-8-4-3-5-9-16)26-22(24-15)30-14-21(29)27(2)13-20(28)25-18-11-7-6-10-17(18)23/h3-11H,12-14H2,1-2H3,(H,24,26)(H,25,28). The number of benzene rings is 2. The molecule has 2 amide bonds. The first-order valence-electron chi connectivity index (χ1n) is 9.43. The number of carbonyl (C=O) groups is 2. The lowest BCUT2D eigenvalue weighted by molar-refractivity contribution is -0.131. The molecule has 1 aromatic heterocycles. The van der Waals surface area contributed by atoms with Crippen LogP contribution in [-0.4, -0.2) is 46.0 Å². The fourth-order valence-electron chi connectivity index (χ4n) is 2.79. The van der Waals surface area contributed by atoms with Crippen molar-refractivity contribution in [1.82, 2.24) is 14.9 Å². The van der Waals surface area contributed by atoms with Gasteiger partial charge in [0.25, 0.3) is 0 Å². The Hall–Kier alpha value is -2.77. The monoisotopic (exact) mass is 442 g/mol. The van der Waals surface area contributed by atoms with Crippen molar-refractivity contribution >= 4 is 40.9 Å². The number of halogens is 1. The molecule has 3 rings (SSSR count). The Bertz CT molecular complexity index is 1020. The van der Waals surface area contributed by atoms with Crippen LogP contribution < -0.4 is 5.32 Å². The second-order valence-electron chi connectivity index (χ2n) is 6.84. The van der Waals surface area contributed by atoms with Gasteiger partial charge in [-0.15, -0.1) is 0 Å². The molecule has 0 radical (unpaired) electrons. The average molecular weight is 443 g/mol. The topological polar surface area (TPSA) is 78.1 Å². The molecule has 0 saturated heterocycles. The van der Waals surface area contributed by atoms with Gasteiger partial charge >= 0.3 is 0 Å². The molecule has 0 fully saturated rings. The molecule has 2 aromatic carbocycles. The lowest BCUT2D eigenvalue weighted by Gasteiger charge is -2.16. The minimum absolute atomic E-state index is 0.0545. The van der Waals surface area contributed by atoms with E-state index in [0.29, 0.717) is 15.9 Å². The van der Waals surface area contributed by atoms with Gasteiger partial charge in [-0.1, -0.05) is 65.8 Å². The van der Waals surface area contributed by atoms with Crippen molar-refractivity contribution in [3.8, 4) is 0 Å². The summed E-state index contributed by atoms with van der Waals surface area (Å²) in [5.41, 5.74) is 3.66. The maximum atomic E-state index is 12.4. The number of imidazole rings is 1. The molecule has 30 heavy (non-hydrogen) atoms. The fraction of sp³-hybridized carbons (Fsp3) is 0.227. The number of amides is 2. The average Bonchev–Trinajstić information content (AvgIpc) is 3.07. The van der Waals surface area contributed by atoms with Crippen LogP contribution in [0.4, 0.5) is 5.69 Å². The molecule has 2 N–H and O–H groups in total. The molecule has 0 aliphatic heterocycles. The summed E-state index contributed by atoms with van der Waals surface area (Å²) in [6.45, 7) is 1.92. The molecule has 0 unspecified atom stereocenters. The highest BCUT2D eigenvalue weighted by Crippen LogP contribution is 2.21. The van der Waals surface area contributed by atoms with Crippen LogP contribution in [0, 0.1) is 6.92 Å². The molecular formula is C22H23ClN4O2S. The summed E-state index contributed by atoms with van der Waals surface area (Å²) >= 11 is 7.37. The highest BCUT2D eigenvalue weighted by Gasteiger charge is 2.16. The summed E-state index contributed by atoms with van der Waals surface area (Å²) in [5.74, 6) is -0.274. The normalized spacial score (nSPS) is 10.6. The van der Waals surface area contributed by atoms with Crippen LogP contribution in [0.25, 0.3) is 0 Å². The second-order valence-corrected chi connectivity index (χ2v) is 8.21.